The van der Waals surface area contributed by atoms with Gasteiger partial charge in [-0.3, -0.25) is 0 Å². The van der Waals surface area contributed by atoms with E-state index in [9.17, 15) is 17.6 Å². The SMILES string of the molecule is NC(Cc1ccc(O)cc1)c1cc(C(F)(F)F)ccc1F. The van der Waals surface area contributed by atoms with Crippen LogP contribution >= 0.6 is 0 Å². The van der Waals surface area contributed by atoms with E-state index >= 15 is 0 Å². The van der Waals surface area contributed by atoms with Gasteiger partial charge in [0.2, 0.25) is 0 Å². The summed E-state index contributed by atoms with van der Waals surface area (Å²) in [5.74, 6) is -0.702. The molecule has 0 heterocycles. The van der Waals surface area contributed by atoms with Crippen molar-refractivity contribution in [2.75, 3.05) is 0 Å². The van der Waals surface area contributed by atoms with Crippen LogP contribution in [-0.4, -0.2) is 5.11 Å². The van der Waals surface area contributed by atoms with Crippen LogP contribution in [0.2, 0.25) is 0 Å². The van der Waals surface area contributed by atoms with Gasteiger partial charge in [0, 0.05) is 11.6 Å². The standard InChI is InChI=1S/C15H13F4NO/c16-13-6-3-10(15(17,18)19)8-12(13)14(20)7-9-1-4-11(21)5-2-9/h1-6,8,14,21H,7,20H2. The van der Waals surface area contributed by atoms with Crippen LogP contribution in [0, 0.1) is 5.82 Å². The molecular weight excluding hydrogens is 286 g/mol. The van der Waals surface area contributed by atoms with E-state index in [4.69, 9.17) is 10.8 Å². The van der Waals surface area contributed by atoms with Crippen molar-refractivity contribution < 1.29 is 22.7 Å². The van der Waals surface area contributed by atoms with E-state index in [-0.39, 0.29) is 17.7 Å². The molecule has 0 fully saturated rings. The summed E-state index contributed by atoms with van der Waals surface area (Å²) in [6.07, 6.45) is -4.38. The van der Waals surface area contributed by atoms with Gasteiger partial charge in [-0.1, -0.05) is 12.1 Å². The van der Waals surface area contributed by atoms with Gasteiger partial charge in [0.15, 0.2) is 0 Å². The maximum absolute atomic E-state index is 13.7. The molecule has 0 saturated heterocycles. The maximum Gasteiger partial charge on any atom is 0.416 e. The number of phenolic OH excluding ortho intramolecular Hbond substituents is 1. The minimum Gasteiger partial charge on any atom is -0.508 e. The maximum atomic E-state index is 13.7. The molecule has 0 radical (unpaired) electrons. The summed E-state index contributed by atoms with van der Waals surface area (Å²) >= 11 is 0. The highest BCUT2D eigenvalue weighted by molar-refractivity contribution is 5.32. The zero-order valence-corrected chi connectivity index (χ0v) is 10.9. The van der Waals surface area contributed by atoms with Gasteiger partial charge in [0.25, 0.3) is 0 Å². The summed E-state index contributed by atoms with van der Waals surface area (Å²) in [5, 5.41) is 9.16. The van der Waals surface area contributed by atoms with Gasteiger partial charge in [-0.25, -0.2) is 4.39 Å². The van der Waals surface area contributed by atoms with E-state index in [1.54, 1.807) is 12.1 Å². The van der Waals surface area contributed by atoms with Gasteiger partial charge >= 0.3 is 6.18 Å². The molecule has 2 aromatic carbocycles. The molecular formula is C15H13F4NO. The van der Waals surface area contributed by atoms with Crippen molar-refractivity contribution in [1.29, 1.82) is 0 Å². The Labute approximate surface area is 118 Å². The Bertz CT molecular complexity index is 623. The molecule has 21 heavy (non-hydrogen) atoms. The largest absolute Gasteiger partial charge is 0.508 e. The van der Waals surface area contributed by atoms with Crippen molar-refractivity contribution in [2.24, 2.45) is 5.73 Å². The van der Waals surface area contributed by atoms with Gasteiger partial charge in [-0.05, 0) is 42.3 Å². The molecule has 0 aliphatic rings. The number of halogens is 4. The Balaban J connectivity index is 2.26. The van der Waals surface area contributed by atoms with Gasteiger partial charge in [-0.2, -0.15) is 13.2 Å². The first-order valence-electron chi connectivity index (χ1n) is 6.17. The Morgan fingerprint density at radius 1 is 1.05 bits per heavy atom. The lowest BCUT2D eigenvalue weighted by atomic mass is 9.97. The molecule has 0 saturated carbocycles. The van der Waals surface area contributed by atoms with Crippen molar-refractivity contribution in [2.45, 2.75) is 18.6 Å². The summed E-state index contributed by atoms with van der Waals surface area (Å²) < 4.78 is 51.6. The fourth-order valence-corrected chi connectivity index (χ4v) is 2.00. The van der Waals surface area contributed by atoms with Crippen molar-refractivity contribution in [3.63, 3.8) is 0 Å². The van der Waals surface area contributed by atoms with Crippen LogP contribution in [0.25, 0.3) is 0 Å². The molecule has 0 aromatic heterocycles. The number of hydrogen-bond donors (Lipinski definition) is 2. The highest BCUT2D eigenvalue weighted by atomic mass is 19.4. The van der Waals surface area contributed by atoms with Crippen molar-refractivity contribution in [3.8, 4) is 5.75 Å². The van der Waals surface area contributed by atoms with Gasteiger partial charge in [0.05, 0.1) is 5.56 Å². The molecule has 0 spiro atoms. The monoisotopic (exact) mass is 299 g/mol. The lowest BCUT2D eigenvalue weighted by Gasteiger charge is -2.15. The van der Waals surface area contributed by atoms with Gasteiger partial charge < -0.3 is 10.8 Å². The minimum absolute atomic E-state index is 0.0672. The Hall–Kier alpha value is -2.08. The highest BCUT2D eigenvalue weighted by Gasteiger charge is 2.31. The van der Waals surface area contributed by atoms with Crippen LogP contribution in [0.3, 0.4) is 0 Å². The van der Waals surface area contributed by atoms with Gasteiger partial charge in [-0.15, -0.1) is 0 Å². The molecule has 0 bridgehead atoms. The fourth-order valence-electron chi connectivity index (χ4n) is 2.00. The lowest BCUT2D eigenvalue weighted by molar-refractivity contribution is -0.137. The third-order valence-electron chi connectivity index (χ3n) is 3.11. The number of rotatable bonds is 3. The molecule has 2 rings (SSSR count). The normalized spacial score (nSPS) is 13.2. The second-order valence-corrected chi connectivity index (χ2v) is 4.71. The van der Waals surface area contributed by atoms with Crippen LogP contribution < -0.4 is 5.73 Å². The van der Waals surface area contributed by atoms with E-state index in [1.165, 1.54) is 12.1 Å². The molecule has 1 unspecified atom stereocenters. The van der Waals surface area contributed by atoms with Crippen molar-refractivity contribution >= 4 is 0 Å². The average molecular weight is 299 g/mol. The zero-order chi connectivity index (χ0) is 15.6. The molecule has 1 atom stereocenters. The first-order chi connectivity index (χ1) is 9.77. The molecule has 0 amide bonds. The minimum atomic E-state index is -4.54. The Kier molecular flexibility index (Phi) is 4.18. The first-order valence-corrected chi connectivity index (χ1v) is 6.17. The topological polar surface area (TPSA) is 46.2 Å². The Morgan fingerprint density at radius 2 is 1.67 bits per heavy atom. The summed E-state index contributed by atoms with van der Waals surface area (Å²) in [4.78, 5) is 0. The predicted molar refractivity (Wildman–Crippen MR) is 70.1 cm³/mol. The third-order valence-corrected chi connectivity index (χ3v) is 3.11. The molecule has 112 valence electrons. The van der Waals surface area contributed by atoms with Crippen molar-refractivity contribution in [3.05, 3.63) is 65.0 Å². The van der Waals surface area contributed by atoms with E-state index in [1.807, 2.05) is 0 Å². The second-order valence-electron chi connectivity index (χ2n) is 4.71. The molecule has 3 N–H and O–H groups in total. The molecule has 0 aliphatic carbocycles. The number of alkyl halides is 3. The molecule has 6 heteroatoms. The van der Waals surface area contributed by atoms with Crippen LogP contribution in [0.15, 0.2) is 42.5 Å². The van der Waals surface area contributed by atoms with Crippen LogP contribution in [0.4, 0.5) is 17.6 Å². The summed E-state index contributed by atoms with van der Waals surface area (Å²) in [6.45, 7) is 0. The van der Waals surface area contributed by atoms with E-state index in [2.05, 4.69) is 0 Å². The lowest BCUT2D eigenvalue weighted by Crippen LogP contribution is -2.16. The summed E-state index contributed by atoms with van der Waals surface area (Å²) in [6, 6.07) is 7.33. The fraction of sp³-hybridized carbons (Fsp3) is 0.200. The smallest absolute Gasteiger partial charge is 0.416 e. The van der Waals surface area contributed by atoms with E-state index in [0.717, 1.165) is 12.1 Å². The van der Waals surface area contributed by atoms with Crippen LogP contribution in [0.5, 0.6) is 5.75 Å². The van der Waals surface area contributed by atoms with E-state index < -0.39 is 23.6 Å². The van der Waals surface area contributed by atoms with Gasteiger partial charge in [0.1, 0.15) is 11.6 Å². The molecule has 2 nitrogen and oxygen atoms in total. The number of nitrogens with two attached hydrogens (primary N) is 1. The van der Waals surface area contributed by atoms with Crippen LogP contribution in [0.1, 0.15) is 22.7 Å². The zero-order valence-electron chi connectivity index (χ0n) is 10.9. The third kappa shape index (κ3) is 3.72. The number of aromatic hydroxyl groups is 1. The summed E-state index contributed by atoms with van der Waals surface area (Å²) in [5.41, 5.74) is 5.39. The summed E-state index contributed by atoms with van der Waals surface area (Å²) in [7, 11) is 0. The van der Waals surface area contributed by atoms with E-state index in [0.29, 0.717) is 11.6 Å². The number of phenols is 1. The predicted octanol–water partition coefficient (Wildman–Crippen LogP) is 3.79. The van der Waals surface area contributed by atoms with Crippen LogP contribution in [-0.2, 0) is 12.6 Å². The Morgan fingerprint density at radius 3 is 2.24 bits per heavy atom. The molecule has 0 aliphatic heterocycles. The number of benzene rings is 2. The average Bonchev–Trinajstić information content (AvgIpc) is 2.40. The highest BCUT2D eigenvalue weighted by Crippen LogP contribution is 2.32. The second kappa shape index (κ2) is 5.73. The van der Waals surface area contributed by atoms with Crippen molar-refractivity contribution in [1.82, 2.24) is 0 Å². The number of hydrogen-bond acceptors (Lipinski definition) is 2. The first kappa shape index (κ1) is 15.3. The molecule has 2 aromatic rings. The quantitative estimate of drug-likeness (QED) is 0.847.